The first-order chi connectivity index (χ1) is 7.50. The van der Waals surface area contributed by atoms with Crippen molar-refractivity contribution in [2.45, 2.75) is 6.92 Å². The summed E-state index contributed by atoms with van der Waals surface area (Å²) < 4.78 is 0. The van der Waals surface area contributed by atoms with Gasteiger partial charge < -0.3 is 9.90 Å². The smallest absolute Gasteiger partial charge is 0.273 e. The minimum absolute atomic E-state index is 0.0957. The molecule has 0 aliphatic heterocycles. The minimum Gasteiger partial charge on any atom is -0.550 e. The van der Waals surface area contributed by atoms with E-state index in [9.17, 15) is 10.1 Å². The van der Waals surface area contributed by atoms with Gasteiger partial charge in [0.1, 0.15) is 0 Å². The van der Waals surface area contributed by atoms with E-state index in [1.54, 1.807) is 12.4 Å². The van der Waals surface area contributed by atoms with Gasteiger partial charge in [-0.2, -0.15) is 0 Å². The summed E-state index contributed by atoms with van der Waals surface area (Å²) in [6.45, 7) is 0.972. The Morgan fingerprint density at radius 1 is 1.50 bits per heavy atom. The van der Waals surface area contributed by atoms with Crippen molar-refractivity contribution in [1.82, 2.24) is 4.98 Å². The molecular weight excluding hydrogens is 214 g/mol. The molecular formula is C9H9N3O4. The minimum atomic E-state index is -1.08. The van der Waals surface area contributed by atoms with Crippen LogP contribution in [0, 0.1) is 10.1 Å². The van der Waals surface area contributed by atoms with E-state index in [-0.39, 0.29) is 5.69 Å². The molecule has 1 aromatic carbocycles. The molecule has 0 saturated heterocycles. The average molecular weight is 223 g/mol. The number of nitro benzene ring substituents is 1. The maximum absolute atomic E-state index is 10.3. The van der Waals surface area contributed by atoms with Crippen molar-refractivity contribution >= 4 is 22.7 Å². The van der Waals surface area contributed by atoms with Crippen LogP contribution in [0.25, 0.3) is 11.0 Å². The van der Waals surface area contributed by atoms with Gasteiger partial charge in [-0.1, -0.05) is 0 Å². The molecule has 7 nitrogen and oxygen atoms in total. The molecule has 0 radical (unpaired) electrons. The third-order valence-electron chi connectivity index (χ3n) is 1.67. The van der Waals surface area contributed by atoms with Crippen LogP contribution in [-0.4, -0.2) is 15.9 Å². The lowest BCUT2D eigenvalue weighted by molar-refractivity contribution is -0.384. The number of aliphatic carboxylic acids is 1. The number of carbonyl (C=O) groups excluding carboxylic acids is 1. The highest BCUT2D eigenvalue weighted by molar-refractivity contribution is 5.73. The average Bonchev–Trinajstić information content (AvgIpc) is 2.62. The second-order valence-corrected chi connectivity index (χ2v) is 2.91. The number of rotatable bonds is 1. The fourth-order valence-corrected chi connectivity index (χ4v) is 1.08. The summed E-state index contributed by atoms with van der Waals surface area (Å²) in [4.78, 5) is 24.6. The molecule has 16 heavy (non-hydrogen) atoms. The molecule has 1 heterocycles. The van der Waals surface area contributed by atoms with Gasteiger partial charge in [0.15, 0.2) is 11.0 Å². The van der Waals surface area contributed by atoms with E-state index in [2.05, 4.69) is 9.97 Å². The second kappa shape index (κ2) is 4.87. The van der Waals surface area contributed by atoms with E-state index in [4.69, 9.17) is 9.90 Å². The fraction of sp³-hybridized carbons (Fsp3) is 0.111. The first-order valence-corrected chi connectivity index (χ1v) is 4.31. The molecule has 0 aliphatic carbocycles. The third kappa shape index (κ3) is 3.05. The summed E-state index contributed by atoms with van der Waals surface area (Å²) in [6, 6.07) is 4.63. The van der Waals surface area contributed by atoms with Crippen LogP contribution in [0.4, 0.5) is 5.69 Å². The summed E-state index contributed by atoms with van der Waals surface area (Å²) in [5.74, 6) is -1.08. The monoisotopic (exact) mass is 223 g/mol. The van der Waals surface area contributed by atoms with Crippen LogP contribution >= 0.6 is 0 Å². The highest BCUT2D eigenvalue weighted by Gasteiger charge is 2.09. The Bertz CT molecular complexity index is 516. The van der Waals surface area contributed by atoms with Gasteiger partial charge in [0.05, 0.1) is 11.0 Å². The van der Waals surface area contributed by atoms with Crippen LogP contribution in [0.3, 0.4) is 0 Å². The number of fused-ring (bicyclic) bond motifs is 1. The quantitative estimate of drug-likeness (QED) is 0.525. The van der Waals surface area contributed by atoms with Gasteiger partial charge in [0, 0.05) is 12.0 Å². The number of carbonyl (C=O) groups is 1. The number of nitrogens with one attached hydrogen (secondary N) is 2. The normalized spacial score (nSPS) is 9.31. The van der Waals surface area contributed by atoms with E-state index in [0.29, 0.717) is 0 Å². The van der Waals surface area contributed by atoms with Gasteiger partial charge in [-0.05, 0) is 13.0 Å². The van der Waals surface area contributed by atoms with Gasteiger partial charge in [-0.3, -0.25) is 10.1 Å². The number of carboxylic acid groups (broad SMARTS) is 1. The standard InChI is InChI=1S/C7H5N3O2.C2H4O2/c11-10(12)5-1-2-6-7(3-5)9-4-8-6;1-2(3)4/h1-4H,(H,8,9);1H3,(H,3,4). The molecule has 0 amide bonds. The number of hydrogen-bond acceptors (Lipinski definition) is 4. The lowest BCUT2D eigenvalue weighted by Gasteiger charge is -1.86. The number of aromatic amines is 2. The van der Waals surface area contributed by atoms with Crippen molar-refractivity contribution in [3.8, 4) is 0 Å². The molecule has 7 heteroatoms. The molecule has 0 atom stereocenters. The zero-order valence-electron chi connectivity index (χ0n) is 8.39. The van der Waals surface area contributed by atoms with Crippen molar-refractivity contribution in [2.75, 3.05) is 0 Å². The molecule has 0 fully saturated rings. The molecule has 0 spiro atoms. The zero-order valence-corrected chi connectivity index (χ0v) is 8.39. The van der Waals surface area contributed by atoms with Gasteiger partial charge in [-0.25, -0.2) is 9.97 Å². The summed E-state index contributed by atoms with van der Waals surface area (Å²) in [5.41, 5.74) is 1.70. The van der Waals surface area contributed by atoms with Crippen LogP contribution in [0.15, 0.2) is 24.5 Å². The predicted octanol–water partition coefficient (Wildman–Crippen LogP) is -0.354. The van der Waals surface area contributed by atoms with E-state index in [1.807, 2.05) is 0 Å². The van der Waals surface area contributed by atoms with Crippen molar-refractivity contribution in [3.63, 3.8) is 0 Å². The number of nitro groups is 1. The Balaban J connectivity index is 0.000000280. The number of carboxylic acids is 1. The maximum Gasteiger partial charge on any atom is 0.273 e. The van der Waals surface area contributed by atoms with Crippen LogP contribution in [-0.2, 0) is 4.79 Å². The molecule has 2 N–H and O–H groups in total. The first-order valence-electron chi connectivity index (χ1n) is 4.31. The SMILES string of the molecule is CC(=O)[O-].O=[N+]([O-])c1ccc2[nH+]c[nH]c2c1. The first kappa shape index (κ1) is 11.6. The summed E-state index contributed by atoms with van der Waals surface area (Å²) in [7, 11) is 0. The number of nitrogens with zero attached hydrogens (tertiary/aromatic N) is 1. The van der Waals surface area contributed by atoms with E-state index < -0.39 is 10.9 Å². The second-order valence-electron chi connectivity index (χ2n) is 2.91. The summed E-state index contributed by atoms with van der Waals surface area (Å²) >= 11 is 0. The van der Waals surface area contributed by atoms with Crippen molar-refractivity contribution < 1.29 is 19.8 Å². The molecule has 84 valence electrons. The molecule has 2 aromatic rings. The third-order valence-corrected chi connectivity index (χ3v) is 1.67. The predicted molar refractivity (Wildman–Crippen MR) is 52.2 cm³/mol. The van der Waals surface area contributed by atoms with Gasteiger partial charge in [-0.15, -0.1) is 0 Å². The molecule has 0 saturated carbocycles. The Labute approximate surface area is 89.9 Å². The van der Waals surface area contributed by atoms with Crippen LogP contribution in [0.1, 0.15) is 6.92 Å². The number of hydrogen-bond donors (Lipinski definition) is 1. The van der Waals surface area contributed by atoms with E-state index in [1.165, 1.54) is 12.1 Å². The lowest BCUT2D eigenvalue weighted by Crippen LogP contribution is -2.16. The number of aromatic nitrogens is 2. The zero-order chi connectivity index (χ0) is 12.1. The van der Waals surface area contributed by atoms with Gasteiger partial charge >= 0.3 is 0 Å². The van der Waals surface area contributed by atoms with Gasteiger partial charge in [0.2, 0.25) is 6.33 Å². The molecule has 0 aliphatic rings. The summed E-state index contributed by atoms with van der Waals surface area (Å²) in [5, 5.41) is 19.2. The van der Waals surface area contributed by atoms with Crippen molar-refractivity contribution in [3.05, 3.63) is 34.6 Å². The highest BCUT2D eigenvalue weighted by Crippen LogP contribution is 2.15. The lowest BCUT2D eigenvalue weighted by atomic mass is 10.3. The number of imidazole rings is 1. The molecule has 2 rings (SSSR count). The molecule has 0 unspecified atom stereocenters. The highest BCUT2D eigenvalue weighted by atomic mass is 16.6. The van der Waals surface area contributed by atoms with Crippen LogP contribution in [0.5, 0.6) is 0 Å². The van der Waals surface area contributed by atoms with Gasteiger partial charge in [0.25, 0.3) is 5.69 Å². The van der Waals surface area contributed by atoms with Crippen LogP contribution in [0.2, 0.25) is 0 Å². The Morgan fingerprint density at radius 2 is 2.12 bits per heavy atom. The van der Waals surface area contributed by atoms with E-state index >= 15 is 0 Å². The Kier molecular flexibility index (Phi) is 3.54. The molecule has 0 bridgehead atoms. The Morgan fingerprint density at radius 3 is 2.69 bits per heavy atom. The topological polar surface area (TPSA) is 113 Å². The maximum atomic E-state index is 10.3. The Hall–Kier alpha value is -2.44. The number of benzene rings is 1. The molecule has 1 aromatic heterocycles. The van der Waals surface area contributed by atoms with Crippen molar-refractivity contribution in [1.29, 1.82) is 0 Å². The van der Waals surface area contributed by atoms with Crippen molar-refractivity contribution in [2.24, 2.45) is 0 Å². The van der Waals surface area contributed by atoms with E-state index in [0.717, 1.165) is 18.0 Å². The van der Waals surface area contributed by atoms with Crippen LogP contribution < -0.4 is 10.1 Å². The number of non-ortho nitro benzene ring substituents is 1. The number of H-pyrrole nitrogens is 2. The fourth-order valence-electron chi connectivity index (χ4n) is 1.08. The largest absolute Gasteiger partial charge is 0.550 e. The summed E-state index contributed by atoms with van der Waals surface area (Å²) in [6.07, 6.45) is 1.63.